The number of nitrogens with one attached hydrogen (secondary N) is 1. The van der Waals surface area contributed by atoms with Crippen molar-refractivity contribution in [3.8, 4) is 0 Å². The monoisotopic (exact) mass is 367 g/mol. The Morgan fingerprint density at radius 1 is 0.960 bits per heavy atom. The Morgan fingerprint density at radius 2 is 1.60 bits per heavy atom. The zero-order valence-corrected chi connectivity index (χ0v) is 13.8. The van der Waals surface area contributed by atoms with E-state index in [0.717, 1.165) is 0 Å². The van der Waals surface area contributed by atoms with E-state index >= 15 is 0 Å². The molecule has 2 fully saturated rings. The van der Waals surface area contributed by atoms with E-state index in [1.807, 2.05) is 0 Å². The van der Waals surface area contributed by atoms with Gasteiger partial charge in [0.05, 0.1) is 12.7 Å². The summed E-state index contributed by atoms with van der Waals surface area (Å²) in [5.41, 5.74) is 0. The van der Waals surface area contributed by atoms with E-state index in [-0.39, 0.29) is 6.61 Å². The lowest BCUT2D eigenvalue weighted by molar-refractivity contribution is -0.313. The number of aliphatic hydroxyl groups is 6. The van der Waals surface area contributed by atoms with Gasteiger partial charge < -0.3 is 50.2 Å². The highest BCUT2D eigenvalue weighted by Crippen LogP contribution is 2.24. The Morgan fingerprint density at radius 3 is 2.20 bits per heavy atom. The van der Waals surface area contributed by atoms with Gasteiger partial charge in [0.15, 0.2) is 12.6 Å². The number of carbonyl (C=O) groups excluding carboxylic acids is 1. The fourth-order valence-electron chi connectivity index (χ4n) is 2.82. The van der Waals surface area contributed by atoms with Crippen molar-refractivity contribution < 1.29 is 49.6 Å². The smallest absolute Gasteiger partial charge is 0.217 e. The summed E-state index contributed by atoms with van der Waals surface area (Å²) in [7, 11) is 0. The maximum Gasteiger partial charge on any atom is 0.217 e. The fraction of sp³-hybridized carbons (Fsp3) is 0.929. The molecule has 0 saturated carbocycles. The average Bonchev–Trinajstić information content (AvgIpc) is 2.55. The minimum absolute atomic E-state index is 0.390. The molecule has 11 nitrogen and oxygen atoms in total. The molecule has 0 aromatic rings. The highest BCUT2D eigenvalue weighted by Gasteiger charge is 2.46. The van der Waals surface area contributed by atoms with Crippen molar-refractivity contribution in [2.24, 2.45) is 0 Å². The molecule has 146 valence electrons. The molecule has 25 heavy (non-hydrogen) atoms. The molecule has 4 unspecified atom stereocenters. The van der Waals surface area contributed by atoms with Crippen LogP contribution in [-0.4, -0.2) is 105 Å². The van der Waals surface area contributed by atoms with Gasteiger partial charge in [-0.2, -0.15) is 0 Å². The Balaban J connectivity index is 1.94. The highest BCUT2D eigenvalue weighted by atomic mass is 16.7. The van der Waals surface area contributed by atoms with Gasteiger partial charge in [0.1, 0.15) is 42.7 Å². The van der Waals surface area contributed by atoms with Gasteiger partial charge in [-0.1, -0.05) is 0 Å². The fourth-order valence-corrected chi connectivity index (χ4v) is 2.82. The number of ether oxygens (including phenoxy) is 3. The van der Waals surface area contributed by atoms with Gasteiger partial charge in [0, 0.05) is 6.92 Å². The number of aliphatic hydroxyl groups excluding tert-OH is 6. The van der Waals surface area contributed by atoms with Gasteiger partial charge in [-0.05, 0) is 6.92 Å². The topological polar surface area (TPSA) is 178 Å². The molecule has 0 aliphatic carbocycles. The second kappa shape index (κ2) is 8.20. The van der Waals surface area contributed by atoms with Crippen LogP contribution in [0.15, 0.2) is 0 Å². The molecule has 10 atom stereocenters. The van der Waals surface area contributed by atoms with Gasteiger partial charge in [-0.25, -0.2) is 0 Å². The predicted molar refractivity (Wildman–Crippen MR) is 78.8 cm³/mol. The second-order valence-corrected chi connectivity index (χ2v) is 6.29. The van der Waals surface area contributed by atoms with E-state index in [1.54, 1.807) is 0 Å². The van der Waals surface area contributed by atoms with E-state index in [0.29, 0.717) is 0 Å². The first kappa shape index (κ1) is 20.4. The van der Waals surface area contributed by atoms with Crippen molar-refractivity contribution >= 4 is 5.91 Å². The van der Waals surface area contributed by atoms with Crippen LogP contribution in [0.2, 0.25) is 0 Å². The molecule has 2 heterocycles. The first-order valence-corrected chi connectivity index (χ1v) is 7.91. The SMILES string of the molecule is CC(=O)N[C@H]1C(O)[C@H](O)C(CO[C@@H]2OC(C)[C@@H](O)C(O)[C@H]2O)O[C@H]1O. The molecule has 0 radical (unpaired) electrons. The molecule has 2 saturated heterocycles. The number of rotatable bonds is 4. The molecule has 2 rings (SSSR count). The van der Waals surface area contributed by atoms with Crippen molar-refractivity contribution in [2.45, 2.75) is 75.2 Å². The van der Waals surface area contributed by atoms with Crippen LogP contribution in [0.25, 0.3) is 0 Å². The summed E-state index contributed by atoms with van der Waals surface area (Å²) in [6.45, 7) is 2.27. The minimum Gasteiger partial charge on any atom is -0.388 e. The lowest BCUT2D eigenvalue weighted by Gasteiger charge is -2.42. The quantitative estimate of drug-likeness (QED) is 0.257. The molecular formula is C14H25NO10. The van der Waals surface area contributed by atoms with Gasteiger partial charge in [-0.3, -0.25) is 4.79 Å². The highest BCUT2D eigenvalue weighted by molar-refractivity contribution is 5.73. The largest absolute Gasteiger partial charge is 0.388 e. The van der Waals surface area contributed by atoms with Crippen LogP contribution in [0.5, 0.6) is 0 Å². The molecule has 0 bridgehead atoms. The molecular weight excluding hydrogens is 342 g/mol. The van der Waals surface area contributed by atoms with Crippen LogP contribution in [0, 0.1) is 0 Å². The van der Waals surface area contributed by atoms with Gasteiger partial charge in [0.2, 0.25) is 5.91 Å². The van der Waals surface area contributed by atoms with Crippen molar-refractivity contribution in [1.82, 2.24) is 5.32 Å². The summed E-state index contributed by atoms with van der Waals surface area (Å²) in [6, 6.07) is -1.21. The van der Waals surface area contributed by atoms with Gasteiger partial charge in [-0.15, -0.1) is 0 Å². The zero-order chi connectivity index (χ0) is 18.9. The summed E-state index contributed by atoms with van der Waals surface area (Å²) in [4.78, 5) is 11.1. The molecule has 1 amide bonds. The van der Waals surface area contributed by atoms with Crippen LogP contribution >= 0.6 is 0 Å². The second-order valence-electron chi connectivity index (χ2n) is 6.29. The maximum absolute atomic E-state index is 11.1. The van der Waals surface area contributed by atoms with Crippen LogP contribution in [-0.2, 0) is 19.0 Å². The third-order valence-corrected chi connectivity index (χ3v) is 4.32. The summed E-state index contributed by atoms with van der Waals surface area (Å²) in [5.74, 6) is -0.520. The summed E-state index contributed by atoms with van der Waals surface area (Å²) in [6.07, 6.45) is -12.2. The molecule has 0 aromatic carbocycles. The molecule has 7 N–H and O–H groups in total. The standard InChI is InChI=1S/C14H25NO10/c1-4-8(17)11(20)12(21)14(24-4)23-3-6-9(18)10(19)7(13(22)25-6)15-5(2)16/h4,6-14,17-22H,3H2,1-2H3,(H,15,16)/t4?,6?,7-,8+,9+,10?,11?,12+,13+,14+/m0/s1. The number of carbonyl (C=O) groups is 1. The summed E-state index contributed by atoms with van der Waals surface area (Å²) < 4.78 is 15.6. The molecule has 0 aromatic heterocycles. The molecule has 11 heteroatoms. The first-order chi connectivity index (χ1) is 11.6. The Hall–Kier alpha value is -0.890. The summed E-state index contributed by atoms with van der Waals surface area (Å²) >= 11 is 0. The number of hydrogen-bond acceptors (Lipinski definition) is 10. The number of hydrogen-bond donors (Lipinski definition) is 7. The van der Waals surface area contributed by atoms with Crippen LogP contribution in [0.3, 0.4) is 0 Å². The predicted octanol–water partition coefficient (Wildman–Crippen LogP) is -4.23. The zero-order valence-electron chi connectivity index (χ0n) is 13.8. The van der Waals surface area contributed by atoms with Gasteiger partial charge in [0.25, 0.3) is 0 Å². The minimum atomic E-state index is -1.58. The maximum atomic E-state index is 11.1. The van der Waals surface area contributed by atoms with Crippen molar-refractivity contribution in [2.75, 3.05) is 6.61 Å². The van der Waals surface area contributed by atoms with E-state index in [1.165, 1.54) is 13.8 Å². The van der Waals surface area contributed by atoms with E-state index in [4.69, 9.17) is 14.2 Å². The summed E-state index contributed by atoms with van der Waals surface area (Å²) in [5, 5.41) is 61.4. The Labute approximate surface area is 143 Å². The molecule has 0 spiro atoms. The van der Waals surface area contributed by atoms with E-state index < -0.39 is 67.3 Å². The molecule has 2 aliphatic rings. The number of amides is 1. The third-order valence-electron chi connectivity index (χ3n) is 4.32. The van der Waals surface area contributed by atoms with E-state index in [2.05, 4.69) is 5.32 Å². The van der Waals surface area contributed by atoms with Crippen molar-refractivity contribution in [3.05, 3.63) is 0 Å². The lowest BCUT2D eigenvalue weighted by Crippen LogP contribution is -2.64. The third kappa shape index (κ3) is 4.45. The van der Waals surface area contributed by atoms with E-state index in [9.17, 15) is 35.4 Å². The van der Waals surface area contributed by atoms with Crippen molar-refractivity contribution in [1.29, 1.82) is 0 Å². The molecule has 2 aliphatic heterocycles. The Kier molecular flexibility index (Phi) is 6.70. The lowest BCUT2D eigenvalue weighted by atomic mass is 9.97. The van der Waals surface area contributed by atoms with Crippen molar-refractivity contribution in [3.63, 3.8) is 0 Å². The van der Waals surface area contributed by atoms with Crippen LogP contribution < -0.4 is 5.32 Å². The first-order valence-electron chi connectivity index (χ1n) is 7.91. The van der Waals surface area contributed by atoms with Crippen LogP contribution in [0.1, 0.15) is 13.8 Å². The van der Waals surface area contributed by atoms with Gasteiger partial charge >= 0.3 is 0 Å². The Bertz CT molecular complexity index is 465. The van der Waals surface area contributed by atoms with Crippen LogP contribution in [0.4, 0.5) is 0 Å². The average molecular weight is 367 g/mol. The normalized spacial score (nSPS) is 48.2.